The normalized spacial score (nSPS) is 12.2. The Morgan fingerprint density at radius 3 is 1.03 bits per heavy atom. The van der Waals surface area contributed by atoms with Crippen LogP contribution in [0.15, 0.2) is 0 Å². The smallest absolute Gasteiger partial charge is 0.0206 e. The zero-order valence-electron chi connectivity index (χ0n) is 21.8. The molecule has 0 spiro atoms. The van der Waals surface area contributed by atoms with Gasteiger partial charge >= 0.3 is 0 Å². The summed E-state index contributed by atoms with van der Waals surface area (Å²) in [7, 11) is 0. The Balaban J connectivity index is 0. The van der Waals surface area contributed by atoms with E-state index in [-0.39, 0.29) is 27.9 Å². The van der Waals surface area contributed by atoms with Crippen LogP contribution in [0.3, 0.4) is 0 Å². The van der Waals surface area contributed by atoms with Gasteiger partial charge in [0.1, 0.15) is 0 Å². The number of hydrogen-bond acceptors (Lipinski definition) is 1. The molecule has 0 aliphatic heterocycles. The lowest BCUT2D eigenvalue weighted by molar-refractivity contribution is 0.117. The molecule has 0 aliphatic rings. The van der Waals surface area contributed by atoms with E-state index in [0.717, 1.165) is 0 Å². The van der Waals surface area contributed by atoms with Crippen LogP contribution in [0.5, 0.6) is 0 Å². The van der Waals surface area contributed by atoms with E-state index in [9.17, 15) is 0 Å². The van der Waals surface area contributed by atoms with Crippen molar-refractivity contribution < 1.29 is 0 Å². The van der Waals surface area contributed by atoms with Crippen molar-refractivity contribution in [3.63, 3.8) is 0 Å². The molecule has 0 unspecified atom stereocenters. The standard InChI is InChI=1S/C28H59N.BrH/c1-6-9-12-15-18-21-24-27(4,5)28(29,25-22-19-16-13-10-7-2)26-23-20-17-14-11-8-3;/h6-26,29H2,1-5H3;1H. The van der Waals surface area contributed by atoms with Crippen molar-refractivity contribution in [1.29, 1.82) is 0 Å². The Morgan fingerprint density at radius 1 is 0.433 bits per heavy atom. The van der Waals surface area contributed by atoms with E-state index in [0.29, 0.717) is 0 Å². The highest BCUT2D eigenvalue weighted by Crippen LogP contribution is 2.41. The zero-order chi connectivity index (χ0) is 21.8. The molecule has 0 fully saturated rings. The van der Waals surface area contributed by atoms with E-state index in [1.807, 2.05) is 0 Å². The van der Waals surface area contributed by atoms with Crippen LogP contribution in [-0.4, -0.2) is 5.54 Å². The molecule has 0 aromatic carbocycles. The van der Waals surface area contributed by atoms with Crippen LogP contribution in [0, 0.1) is 5.41 Å². The van der Waals surface area contributed by atoms with Crippen LogP contribution in [0.25, 0.3) is 0 Å². The average Bonchev–Trinajstić information content (AvgIpc) is 2.70. The molecule has 0 saturated carbocycles. The quantitative estimate of drug-likeness (QED) is 0.150. The van der Waals surface area contributed by atoms with E-state index >= 15 is 0 Å². The maximum Gasteiger partial charge on any atom is 0.0206 e. The van der Waals surface area contributed by atoms with Crippen LogP contribution in [-0.2, 0) is 0 Å². The van der Waals surface area contributed by atoms with Crippen LogP contribution in [0.1, 0.15) is 169 Å². The molecule has 0 saturated heterocycles. The summed E-state index contributed by atoms with van der Waals surface area (Å²) in [6.07, 6.45) is 28.6. The molecule has 30 heavy (non-hydrogen) atoms. The summed E-state index contributed by atoms with van der Waals surface area (Å²) < 4.78 is 0. The van der Waals surface area contributed by atoms with Gasteiger partial charge in [-0.15, -0.1) is 17.0 Å². The minimum Gasteiger partial charge on any atom is -0.325 e. The second-order valence-corrected chi connectivity index (χ2v) is 10.6. The van der Waals surface area contributed by atoms with Crippen molar-refractivity contribution in [3.05, 3.63) is 0 Å². The largest absolute Gasteiger partial charge is 0.325 e. The molecule has 2 N–H and O–H groups in total. The van der Waals surface area contributed by atoms with Crippen molar-refractivity contribution in [2.75, 3.05) is 0 Å². The fourth-order valence-electron chi connectivity index (χ4n) is 4.84. The SMILES string of the molecule is Br.CCCCCCCCC(C)(C)C(N)(CCCCCCCC)CCCCCCCC. The molecule has 1 nitrogen and oxygen atoms in total. The topological polar surface area (TPSA) is 26.0 Å². The highest BCUT2D eigenvalue weighted by molar-refractivity contribution is 8.93. The molecule has 0 aromatic heterocycles. The van der Waals surface area contributed by atoms with Gasteiger partial charge in [0.25, 0.3) is 0 Å². The second kappa shape index (κ2) is 21.3. The molecule has 0 rings (SSSR count). The molecule has 184 valence electrons. The monoisotopic (exact) mass is 489 g/mol. The molecule has 0 radical (unpaired) electrons. The lowest BCUT2D eigenvalue weighted by atomic mass is 9.65. The summed E-state index contributed by atoms with van der Waals surface area (Å²) in [5.74, 6) is 0. The first-order valence-electron chi connectivity index (χ1n) is 13.7. The van der Waals surface area contributed by atoms with Gasteiger partial charge < -0.3 is 5.73 Å². The average molecular weight is 491 g/mol. The van der Waals surface area contributed by atoms with Gasteiger partial charge in [-0.25, -0.2) is 0 Å². The Hall–Kier alpha value is 0.440. The minimum absolute atomic E-state index is 0. The Labute approximate surface area is 202 Å². The predicted octanol–water partition coefficient (Wildman–Crippen LogP) is 10.5. The number of halogens is 1. The van der Waals surface area contributed by atoms with Crippen LogP contribution >= 0.6 is 17.0 Å². The van der Waals surface area contributed by atoms with Gasteiger partial charge in [0.15, 0.2) is 0 Å². The van der Waals surface area contributed by atoms with Crippen molar-refractivity contribution in [2.24, 2.45) is 11.1 Å². The number of hydrogen-bond donors (Lipinski definition) is 1. The summed E-state index contributed by atoms with van der Waals surface area (Å²) in [5, 5.41) is 0. The number of nitrogens with two attached hydrogens (primary N) is 1. The molecule has 0 bridgehead atoms. The third-order valence-corrected chi connectivity index (χ3v) is 7.46. The summed E-state index contributed by atoms with van der Waals surface area (Å²) in [6, 6.07) is 0. The van der Waals surface area contributed by atoms with Crippen LogP contribution < -0.4 is 5.73 Å². The maximum absolute atomic E-state index is 7.22. The van der Waals surface area contributed by atoms with Gasteiger partial charge in [0.2, 0.25) is 0 Å². The highest BCUT2D eigenvalue weighted by Gasteiger charge is 2.39. The maximum atomic E-state index is 7.22. The molecule has 0 heterocycles. The van der Waals surface area contributed by atoms with E-state index in [1.165, 1.54) is 135 Å². The first kappa shape index (κ1) is 32.6. The van der Waals surface area contributed by atoms with Crippen LogP contribution in [0.2, 0.25) is 0 Å². The van der Waals surface area contributed by atoms with E-state index in [2.05, 4.69) is 34.6 Å². The van der Waals surface area contributed by atoms with E-state index in [1.54, 1.807) is 0 Å². The van der Waals surface area contributed by atoms with E-state index < -0.39 is 0 Å². The summed E-state index contributed by atoms with van der Waals surface area (Å²) in [6.45, 7) is 11.9. The van der Waals surface area contributed by atoms with Gasteiger partial charge in [-0.2, -0.15) is 0 Å². The number of rotatable bonds is 22. The molecule has 0 aromatic rings. The molecule has 0 amide bonds. The van der Waals surface area contributed by atoms with Gasteiger partial charge in [-0.1, -0.05) is 150 Å². The molecule has 0 atom stereocenters. The fourth-order valence-corrected chi connectivity index (χ4v) is 4.84. The summed E-state index contributed by atoms with van der Waals surface area (Å²) in [4.78, 5) is 0. The van der Waals surface area contributed by atoms with Gasteiger partial charge in [0, 0.05) is 5.54 Å². The Bertz CT molecular complexity index is 324. The molecular weight excluding hydrogens is 430 g/mol. The third-order valence-electron chi connectivity index (χ3n) is 7.46. The van der Waals surface area contributed by atoms with Gasteiger partial charge in [-0.3, -0.25) is 0 Å². The molecule has 0 aliphatic carbocycles. The summed E-state index contributed by atoms with van der Waals surface area (Å²) in [5.41, 5.74) is 7.52. The van der Waals surface area contributed by atoms with Gasteiger partial charge in [0.05, 0.1) is 0 Å². The lowest BCUT2D eigenvalue weighted by Crippen LogP contribution is -2.52. The lowest BCUT2D eigenvalue weighted by Gasteiger charge is -2.45. The predicted molar refractivity (Wildman–Crippen MR) is 145 cm³/mol. The highest BCUT2D eigenvalue weighted by atomic mass is 79.9. The first-order valence-corrected chi connectivity index (χ1v) is 13.7. The molecule has 2 heteroatoms. The Kier molecular flexibility index (Phi) is 23.2. The van der Waals surface area contributed by atoms with Gasteiger partial charge in [-0.05, 0) is 24.7 Å². The summed E-state index contributed by atoms with van der Waals surface area (Å²) >= 11 is 0. The third kappa shape index (κ3) is 16.1. The van der Waals surface area contributed by atoms with Crippen molar-refractivity contribution >= 4 is 17.0 Å². The number of unbranched alkanes of at least 4 members (excludes halogenated alkanes) is 15. The van der Waals surface area contributed by atoms with Crippen molar-refractivity contribution in [2.45, 2.75) is 175 Å². The van der Waals surface area contributed by atoms with Crippen LogP contribution in [0.4, 0.5) is 0 Å². The Morgan fingerprint density at radius 2 is 0.700 bits per heavy atom. The first-order chi connectivity index (χ1) is 13.9. The minimum atomic E-state index is 0. The zero-order valence-corrected chi connectivity index (χ0v) is 23.5. The fraction of sp³-hybridized carbons (Fsp3) is 1.00. The molecular formula is C28H60BrN. The van der Waals surface area contributed by atoms with E-state index in [4.69, 9.17) is 5.73 Å². The van der Waals surface area contributed by atoms with Crippen molar-refractivity contribution in [1.82, 2.24) is 0 Å². The van der Waals surface area contributed by atoms with Crippen molar-refractivity contribution in [3.8, 4) is 0 Å². The second-order valence-electron chi connectivity index (χ2n) is 10.6.